The summed E-state index contributed by atoms with van der Waals surface area (Å²) in [6.45, 7) is 5.74. The van der Waals surface area contributed by atoms with Gasteiger partial charge in [0.2, 0.25) is 0 Å². The van der Waals surface area contributed by atoms with E-state index in [0.717, 1.165) is 39.7 Å². The molecule has 0 saturated carbocycles. The standard InChI is InChI=1S/C28H28N4O4/c1-3-32-25-11-10-23(17(2)27(25)29-30-32)24(15-26(34)35)20-5-4-18-12-13-31(16-21(18)14-20)28(36)19-6-8-22(33)9-7-19/h4-11,14,24,33H,3,12-13,15-16H2,1-2H3,(H,34,35). The van der Waals surface area contributed by atoms with Crippen molar-refractivity contribution in [2.24, 2.45) is 0 Å². The number of benzene rings is 3. The number of aromatic hydroxyl groups is 1. The van der Waals surface area contributed by atoms with Crippen LogP contribution in [0.25, 0.3) is 11.0 Å². The first kappa shape index (κ1) is 23.5. The minimum Gasteiger partial charge on any atom is -0.508 e. The van der Waals surface area contributed by atoms with Crippen molar-refractivity contribution in [1.29, 1.82) is 0 Å². The van der Waals surface area contributed by atoms with E-state index in [0.29, 0.717) is 25.2 Å². The largest absolute Gasteiger partial charge is 0.508 e. The minimum absolute atomic E-state index is 0.0524. The van der Waals surface area contributed by atoms with Gasteiger partial charge in [0.1, 0.15) is 11.3 Å². The van der Waals surface area contributed by atoms with Gasteiger partial charge in [-0.05, 0) is 78.4 Å². The van der Waals surface area contributed by atoms with Crippen molar-refractivity contribution in [3.05, 3.63) is 88.0 Å². The lowest BCUT2D eigenvalue weighted by molar-refractivity contribution is -0.137. The summed E-state index contributed by atoms with van der Waals surface area (Å²) in [5.41, 5.74) is 7.19. The van der Waals surface area contributed by atoms with Crippen molar-refractivity contribution in [2.45, 2.75) is 45.7 Å². The van der Waals surface area contributed by atoms with Gasteiger partial charge in [0, 0.05) is 31.1 Å². The fourth-order valence-corrected chi connectivity index (χ4v) is 5.13. The van der Waals surface area contributed by atoms with Crippen molar-refractivity contribution in [3.8, 4) is 5.75 Å². The number of carboxylic acid groups (broad SMARTS) is 1. The molecule has 8 heteroatoms. The Hall–Kier alpha value is -4.20. The maximum Gasteiger partial charge on any atom is 0.304 e. The Morgan fingerprint density at radius 3 is 2.56 bits per heavy atom. The van der Waals surface area contributed by atoms with Gasteiger partial charge in [0.05, 0.1) is 11.9 Å². The van der Waals surface area contributed by atoms with Crippen LogP contribution in [0.15, 0.2) is 54.6 Å². The number of phenolic OH excluding ortho intramolecular Hbond substituents is 1. The van der Waals surface area contributed by atoms with Gasteiger partial charge >= 0.3 is 5.97 Å². The molecule has 184 valence electrons. The van der Waals surface area contributed by atoms with Gasteiger partial charge in [0.25, 0.3) is 5.91 Å². The Morgan fingerprint density at radius 2 is 1.83 bits per heavy atom. The molecule has 3 aromatic carbocycles. The van der Waals surface area contributed by atoms with E-state index in [4.69, 9.17) is 0 Å². The van der Waals surface area contributed by atoms with Crippen molar-refractivity contribution in [1.82, 2.24) is 19.9 Å². The summed E-state index contributed by atoms with van der Waals surface area (Å²) >= 11 is 0. The van der Waals surface area contributed by atoms with Gasteiger partial charge in [0.15, 0.2) is 0 Å². The molecule has 0 fully saturated rings. The normalized spacial score (nSPS) is 14.0. The van der Waals surface area contributed by atoms with Gasteiger partial charge in [-0.3, -0.25) is 9.59 Å². The number of aliphatic carboxylic acids is 1. The van der Waals surface area contributed by atoms with Crippen LogP contribution in [-0.4, -0.2) is 48.5 Å². The van der Waals surface area contributed by atoms with Gasteiger partial charge in [-0.25, -0.2) is 4.68 Å². The molecule has 5 rings (SSSR count). The predicted octanol–water partition coefficient (Wildman–Crippen LogP) is 4.27. The lowest BCUT2D eigenvalue weighted by Crippen LogP contribution is -2.36. The highest BCUT2D eigenvalue weighted by Crippen LogP contribution is 2.35. The molecule has 4 aromatic rings. The van der Waals surface area contributed by atoms with E-state index < -0.39 is 5.97 Å². The Labute approximate surface area is 208 Å². The number of rotatable bonds is 6. The summed E-state index contributed by atoms with van der Waals surface area (Å²) in [6.07, 6.45) is 0.678. The lowest BCUT2D eigenvalue weighted by Gasteiger charge is -2.30. The Kier molecular flexibility index (Phi) is 6.18. The zero-order chi connectivity index (χ0) is 25.4. The number of carboxylic acids is 1. The first-order valence-electron chi connectivity index (χ1n) is 12.1. The maximum absolute atomic E-state index is 13.1. The van der Waals surface area contributed by atoms with Crippen molar-refractivity contribution < 1.29 is 19.8 Å². The third-order valence-electron chi connectivity index (χ3n) is 7.08. The zero-order valence-corrected chi connectivity index (χ0v) is 20.3. The molecule has 2 heterocycles. The van der Waals surface area contributed by atoms with E-state index in [-0.39, 0.29) is 24.0 Å². The van der Waals surface area contributed by atoms with Crippen molar-refractivity contribution in [2.75, 3.05) is 6.54 Å². The summed E-state index contributed by atoms with van der Waals surface area (Å²) in [7, 11) is 0. The van der Waals surface area contributed by atoms with Crippen LogP contribution in [0.5, 0.6) is 5.75 Å². The van der Waals surface area contributed by atoms with Gasteiger partial charge in [-0.15, -0.1) is 5.10 Å². The van der Waals surface area contributed by atoms with E-state index in [1.165, 1.54) is 17.7 Å². The average molecular weight is 485 g/mol. The molecule has 0 bridgehead atoms. The molecule has 0 aliphatic carbocycles. The maximum atomic E-state index is 13.1. The number of aromatic nitrogens is 3. The van der Waals surface area contributed by atoms with Crippen molar-refractivity contribution in [3.63, 3.8) is 0 Å². The number of nitrogens with zero attached hydrogens (tertiary/aromatic N) is 4. The summed E-state index contributed by atoms with van der Waals surface area (Å²) < 4.78 is 1.83. The molecule has 1 aliphatic heterocycles. The number of carbonyl (C=O) groups is 2. The fraction of sp³-hybridized carbons (Fsp3) is 0.286. The summed E-state index contributed by atoms with van der Waals surface area (Å²) in [4.78, 5) is 26.7. The molecule has 1 aromatic heterocycles. The van der Waals surface area contributed by atoms with E-state index in [9.17, 15) is 19.8 Å². The van der Waals surface area contributed by atoms with Crippen LogP contribution in [0.1, 0.15) is 57.4 Å². The van der Waals surface area contributed by atoms with Gasteiger partial charge < -0.3 is 15.1 Å². The van der Waals surface area contributed by atoms with Crippen LogP contribution in [0.3, 0.4) is 0 Å². The van der Waals surface area contributed by atoms with Crippen molar-refractivity contribution >= 4 is 22.9 Å². The zero-order valence-electron chi connectivity index (χ0n) is 20.3. The molecule has 8 nitrogen and oxygen atoms in total. The molecule has 2 N–H and O–H groups in total. The second kappa shape index (κ2) is 9.45. The van der Waals surface area contributed by atoms with E-state index >= 15 is 0 Å². The lowest BCUT2D eigenvalue weighted by atomic mass is 9.83. The monoisotopic (exact) mass is 484 g/mol. The van der Waals surface area contributed by atoms with Crippen LogP contribution >= 0.6 is 0 Å². The molecule has 36 heavy (non-hydrogen) atoms. The number of amides is 1. The van der Waals surface area contributed by atoms with Crippen LogP contribution < -0.4 is 0 Å². The molecular formula is C28H28N4O4. The number of phenols is 1. The second-order valence-corrected chi connectivity index (χ2v) is 9.25. The first-order chi connectivity index (χ1) is 17.4. The SMILES string of the molecule is CCn1nnc2c(C)c(C(CC(=O)O)c3ccc4c(c3)CN(C(=O)c3ccc(O)cc3)CC4)ccc21. The predicted molar refractivity (Wildman–Crippen MR) is 135 cm³/mol. The number of hydrogen-bond acceptors (Lipinski definition) is 5. The molecular weight excluding hydrogens is 456 g/mol. The summed E-state index contributed by atoms with van der Waals surface area (Å²) in [5, 5.41) is 27.8. The molecule has 0 spiro atoms. The third kappa shape index (κ3) is 4.30. The van der Waals surface area contributed by atoms with Gasteiger partial charge in [-0.1, -0.05) is 29.5 Å². The molecule has 0 radical (unpaired) electrons. The summed E-state index contributed by atoms with van der Waals surface area (Å²) in [5.74, 6) is -1.20. The highest BCUT2D eigenvalue weighted by molar-refractivity contribution is 5.94. The van der Waals surface area contributed by atoms with E-state index in [2.05, 4.69) is 16.4 Å². The number of aryl methyl sites for hydroxylation is 2. The molecule has 1 unspecified atom stereocenters. The molecule has 1 aliphatic rings. The van der Waals surface area contributed by atoms with Crippen LogP contribution in [0.4, 0.5) is 0 Å². The van der Waals surface area contributed by atoms with Crippen LogP contribution in [-0.2, 0) is 24.3 Å². The Balaban J connectivity index is 1.49. The number of carbonyl (C=O) groups excluding carboxylic acids is 1. The van der Waals surface area contributed by atoms with Crippen LogP contribution in [0, 0.1) is 6.92 Å². The number of hydrogen-bond donors (Lipinski definition) is 2. The average Bonchev–Trinajstić information content (AvgIpc) is 3.31. The van der Waals surface area contributed by atoms with E-state index in [1.54, 1.807) is 17.0 Å². The molecule has 1 atom stereocenters. The van der Waals surface area contributed by atoms with E-state index in [1.807, 2.05) is 42.8 Å². The Morgan fingerprint density at radius 1 is 1.06 bits per heavy atom. The molecule has 0 saturated heterocycles. The topological polar surface area (TPSA) is 109 Å². The first-order valence-corrected chi connectivity index (χ1v) is 12.1. The third-order valence-corrected chi connectivity index (χ3v) is 7.08. The second-order valence-electron chi connectivity index (χ2n) is 9.25. The Bertz CT molecular complexity index is 1460. The summed E-state index contributed by atoms with van der Waals surface area (Å²) in [6, 6.07) is 16.3. The smallest absolute Gasteiger partial charge is 0.304 e. The quantitative estimate of drug-likeness (QED) is 0.423. The highest BCUT2D eigenvalue weighted by atomic mass is 16.4. The number of fused-ring (bicyclic) bond motifs is 2. The fourth-order valence-electron chi connectivity index (χ4n) is 5.13. The van der Waals surface area contributed by atoms with Crippen LogP contribution in [0.2, 0.25) is 0 Å². The highest BCUT2D eigenvalue weighted by Gasteiger charge is 2.26. The molecule has 1 amide bonds. The van der Waals surface area contributed by atoms with Gasteiger partial charge in [-0.2, -0.15) is 0 Å². The minimum atomic E-state index is -0.876.